The summed E-state index contributed by atoms with van der Waals surface area (Å²) in [6, 6.07) is 0. The zero-order valence-electron chi connectivity index (χ0n) is 11.1. The predicted octanol–water partition coefficient (Wildman–Crippen LogP) is 1.09. The van der Waals surface area contributed by atoms with Crippen LogP contribution in [-0.2, 0) is 0 Å². The average Bonchev–Trinajstić information content (AvgIpc) is 2.64. The van der Waals surface area contributed by atoms with Crippen molar-refractivity contribution in [3.05, 3.63) is 0 Å². The van der Waals surface area contributed by atoms with Crippen molar-refractivity contribution in [2.24, 2.45) is 0 Å². The highest BCUT2D eigenvalue weighted by molar-refractivity contribution is 7.11. The van der Waals surface area contributed by atoms with Crippen LogP contribution in [0.1, 0.15) is 13.8 Å². The average molecular weight is 271 g/mol. The molecule has 1 aliphatic rings. The van der Waals surface area contributed by atoms with Gasteiger partial charge in [0.25, 0.3) is 0 Å². The Kier molecular flexibility index (Phi) is 4.26. The molecular weight excluding hydrogens is 250 g/mol. The van der Waals surface area contributed by atoms with Crippen LogP contribution in [0.4, 0.5) is 10.8 Å². The number of nitrogens with two attached hydrogens (primary N) is 1. The standard InChI is InChI=1S/C11H21N5OS/c1-8(2)17-9-10(12)14-18-11(9)13-16-6-4-15(3)5-7-16/h8,13H,4-7H2,1-3H3,(H2,12,14). The van der Waals surface area contributed by atoms with Gasteiger partial charge >= 0.3 is 0 Å². The van der Waals surface area contributed by atoms with Crippen molar-refractivity contribution < 1.29 is 4.74 Å². The van der Waals surface area contributed by atoms with Crippen LogP contribution in [0.15, 0.2) is 0 Å². The quantitative estimate of drug-likeness (QED) is 0.854. The zero-order chi connectivity index (χ0) is 13.1. The van der Waals surface area contributed by atoms with E-state index in [1.54, 1.807) is 0 Å². The summed E-state index contributed by atoms with van der Waals surface area (Å²) >= 11 is 1.35. The number of aromatic nitrogens is 1. The number of piperazine rings is 1. The van der Waals surface area contributed by atoms with Crippen molar-refractivity contribution >= 4 is 22.4 Å². The Bertz CT molecular complexity index is 387. The molecule has 0 atom stereocenters. The van der Waals surface area contributed by atoms with Gasteiger partial charge in [-0.1, -0.05) is 0 Å². The van der Waals surface area contributed by atoms with Crippen LogP contribution in [0.5, 0.6) is 5.75 Å². The molecule has 1 aliphatic heterocycles. The van der Waals surface area contributed by atoms with Crippen LogP contribution in [0, 0.1) is 0 Å². The Labute approximate surface area is 112 Å². The van der Waals surface area contributed by atoms with Crippen LogP contribution >= 0.6 is 11.5 Å². The van der Waals surface area contributed by atoms with Crippen LogP contribution in [-0.4, -0.2) is 53.6 Å². The normalized spacial score (nSPS) is 18.2. The number of anilines is 2. The Morgan fingerprint density at radius 3 is 2.61 bits per heavy atom. The molecule has 3 N–H and O–H groups in total. The van der Waals surface area contributed by atoms with Gasteiger partial charge in [0, 0.05) is 26.2 Å². The first-order valence-corrected chi connectivity index (χ1v) is 6.95. The zero-order valence-corrected chi connectivity index (χ0v) is 12.0. The van der Waals surface area contributed by atoms with Gasteiger partial charge in [-0.05, 0) is 32.4 Å². The van der Waals surface area contributed by atoms with Crippen LogP contribution < -0.4 is 15.9 Å². The summed E-state index contributed by atoms with van der Waals surface area (Å²) in [6.07, 6.45) is 0.0942. The molecule has 1 saturated heterocycles. The number of ether oxygens (including phenoxy) is 1. The van der Waals surface area contributed by atoms with Crippen molar-refractivity contribution in [1.82, 2.24) is 14.3 Å². The third kappa shape index (κ3) is 3.24. The van der Waals surface area contributed by atoms with Crippen LogP contribution in [0.2, 0.25) is 0 Å². The minimum absolute atomic E-state index is 0.0942. The summed E-state index contributed by atoms with van der Waals surface area (Å²) in [5.41, 5.74) is 9.18. The molecule has 0 unspecified atom stereocenters. The summed E-state index contributed by atoms with van der Waals surface area (Å²) in [6.45, 7) is 8.04. The molecule has 1 aromatic rings. The van der Waals surface area contributed by atoms with Crippen molar-refractivity contribution in [3.63, 3.8) is 0 Å². The lowest BCUT2D eigenvalue weighted by molar-refractivity contribution is 0.178. The number of rotatable bonds is 4. The van der Waals surface area contributed by atoms with Gasteiger partial charge in [0.15, 0.2) is 16.6 Å². The highest BCUT2D eigenvalue weighted by Crippen LogP contribution is 2.36. The molecule has 102 valence electrons. The molecule has 0 aliphatic carbocycles. The fourth-order valence-electron chi connectivity index (χ4n) is 1.78. The third-order valence-electron chi connectivity index (χ3n) is 2.79. The summed E-state index contributed by atoms with van der Waals surface area (Å²) in [7, 11) is 2.13. The molecule has 7 heteroatoms. The van der Waals surface area contributed by atoms with Gasteiger partial charge in [0.2, 0.25) is 0 Å². The third-order valence-corrected chi connectivity index (χ3v) is 3.54. The molecular formula is C11H21N5OS. The number of likely N-dealkylation sites (N-methyl/N-ethyl adjacent to an activating group) is 1. The van der Waals surface area contributed by atoms with Gasteiger partial charge in [0.05, 0.1) is 6.10 Å². The maximum atomic E-state index is 5.82. The van der Waals surface area contributed by atoms with E-state index in [4.69, 9.17) is 10.5 Å². The predicted molar refractivity (Wildman–Crippen MR) is 75.0 cm³/mol. The van der Waals surface area contributed by atoms with Gasteiger partial charge in [-0.15, -0.1) is 0 Å². The molecule has 0 spiro atoms. The highest BCUT2D eigenvalue weighted by Gasteiger charge is 2.19. The monoisotopic (exact) mass is 271 g/mol. The maximum absolute atomic E-state index is 5.82. The lowest BCUT2D eigenvalue weighted by Gasteiger charge is -2.32. The first-order valence-electron chi connectivity index (χ1n) is 6.18. The van der Waals surface area contributed by atoms with Gasteiger partial charge in [-0.25, -0.2) is 5.01 Å². The van der Waals surface area contributed by atoms with Gasteiger partial charge < -0.3 is 20.8 Å². The molecule has 2 rings (SSSR count). The molecule has 0 aromatic carbocycles. The van der Waals surface area contributed by atoms with E-state index in [1.165, 1.54) is 11.5 Å². The Balaban J connectivity index is 2.00. The van der Waals surface area contributed by atoms with E-state index < -0.39 is 0 Å². The Morgan fingerprint density at radius 2 is 2.00 bits per heavy atom. The van der Waals surface area contributed by atoms with Crippen molar-refractivity contribution in [3.8, 4) is 5.75 Å². The molecule has 0 amide bonds. The second-order valence-electron chi connectivity index (χ2n) is 4.79. The van der Waals surface area contributed by atoms with Gasteiger partial charge in [-0.2, -0.15) is 4.37 Å². The fraction of sp³-hybridized carbons (Fsp3) is 0.727. The number of nitrogens with zero attached hydrogens (tertiary/aromatic N) is 3. The van der Waals surface area contributed by atoms with Crippen molar-refractivity contribution in [1.29, 1.82) is 0 Å². The second kappa shape index (κ2) is 5.73. The largest absolute Gasteiger partial charge is 0.484 e. The SMILES string of the molecule is CC(C)Oc1c(N)nsc1NN1CCN(C)CC1. The molecule has 0 radical (unpaired) electrons. The molecule has 1 aromatic heterocycles. The summed E-state index contributed by atoms with van der Waals surface area (Å²) < 4.78 is 9.85. The van der Waals surface area contributed by atoms with E-state index in [0.717, 1.165) is 31.2 Å². The van der Waals surface area contributed by atoms with Crippen molar-refractivity contribution in [2.45, 2.75) is 20.0 Å². The second-order valence-corrected chi connectivity index (χ2v) is 5.57. The smallest absolute Gasteiger partial charge is 0.199 e. The number of hydrogen-bond donors (Lipinski definition) is 2. The number of hydrogen-bond acceptors (Lipinski definition) is 7. The molecule has 0 bridgehead atoms. The highest BCUT2D eigenvalue weighted by atomic mass is 32.1. The number of hydrazine groups is 1. The molecule has 1 fully saturated rings. The minimum atomic E-state index is 0.0942. The van der Waals surface area contributed by atoms with E-state index in [0.29, 0.717) is 11.6 Å². The van der Waals surface area contributed by atoms with E-state index in [2.05, 4.69) is 26.8 Å². The minimum Gasteiger partial charge on any atom is -0.484 e. The summed E-state index contributed by atoms with van der Waals surface area (Å²) in [4.78, 5) is 2.31. The lowest BCUT2D eigenvalue weighted by Crippen LogP contribution is -2.46. The number of nitrogen functional groups attached to an aromatic ring is 1. The van der Waals surface area contributed by atoms with Crippen LogP contribution in [0.25, 0.3) is 0 Å². The van der Waals surface area contributed by atoms with E-state index in [1.807, 2.05) is 13.8 Å². The lowest BCUT2D eigenvalue weighted by atomic mass is 10.4. The van der Waals surface area contributed by atoms with E-state index in [-0.39, 0.29) is 6.10 Å². The molecule has 6 nitrogen and oxygen atoms in total. The number of nitrogens with one attached hydrogen (secondary N) is 1. The summed E-state index contributed by atoms with van der Waals surface area (Å²) in [5.74, 6) is 1.14. The van der Waals surface area contributed by atoms with E-state index in [9.17, 15) is 0 Å². The summed E-state index contributed by atoms with van der Waals surface area (Å²) in [5, 5.41) is 3.07. The van der Waals surface area contributed by atoms with Gasteiger partial charge in [0.1, 0.15) is 0 Å². The Hall–Kier alpha value is -1.05. The first-order chi connectivity index (χ1) is 8.56. The van der Waals surface area contributed by atoms with Crippen molar-refractivity contribution in [2.75, 3.05) is 44.4 Å². The molecule has 0 saturated carbocycles. The fourth-order valence-corrected chi connectivity index (χ4v) is 2.45. The molecule has 18 heavy (non-hydrogen) atoms. The molecule has 2 heterocycles. The van der Waals surface area contributed by atoms with Crippen LogP contribution in [0.3, 0.4) is 0 Å². The maximum Gasteiger partial charge on any atom is 0.199 e. The van der Waals surface area contributed by atoms with E-state index >= 15 is 0 Å². The Morgan fingerprint density at radius 1 is 1.33 bits per heavy atom. The first kappa shape index (κ1) is 13.4. The van der Waals surface area contributed by atoms with Gasteiger partial charge in [-0.3, -0.25) is 0 Å². The topological polar surface area (TPSA) is 66.7 Å².